The molecule has 2 aliphatic rings. The Bertz CT molecular complexity index is 626. The third kappa shape index (κ3) is 3.87. The number of rotatable bonds is 6. The van der Waals surface area contributed by atoms with E-state index in [1.165, 1.54) is 0 Å². The van der Waals surface area contributed by atoms with Crippen LogP contribution in [0.5, 0.6) is 5.75 Å². The van der Waals surface area contributed by atoms with E-state index in [9.17, 15) is 8.42 Å². The van der Waals surface area contributed by atoms with E-state index in [1.807, 2.05) is 24.3 Å². The lowest BCUT2D eigenvalue weighted by Crippen LogP contribution is -2.48. The molecule has 1 aromatic rings. The first-order chi connectivity index (χ1) is 11.0. The molecule has 1 aliphatic carbocycles. The van der Waals surface area contributed by atoms with E-state index >= 15 is 0 Å². The van der Waals surface area contributed by atoms with Crippen LogP contribution < -0.4 is 4.74 Å². The van der Waals surface area contributed by atoms with Crippen LogP contribution in [-0.4, -0.2) is 43.3 Å². The first-order valence-corrected chi connectivity index (χ1v) is 9.80. The van der Waals surface area contributed by atoms with Crippen molar-refractivity contribution in [3.05, 3.63) is 29.8 Å². The highest BCUT2D eigenvalue weighted by molar-refractivity contribution is 7.86. The maximum atomic E-state index is 13.1. The zero-order chi connectivity index (χ0) is 16.4. The quantitative estimate of drug-likeness (QED) is 0.801. The summed E-state index contributed by atoms with van der Waals surface area (Å²) in [5.74, 6) is 1.24. The molecule has 0 radical (unpaired) electrons. The lowest BCUT2D eigenvalue weighted by molar-refractivity contribution is 0.253. The van der Waals surface area contributed by atoms with Gasteiger partial charge in [0.15, 0.2) is 0 Å². The first-order valence-electron chi connectivity index (χ1n) is 8.40. The van der Waals surface area contributed by atoms with E-state index in [2.05, 4.69) is 6.92 Å². The van der Waals surface area contributed by atoms with E-state index in [-0.39, 0.29) is 6.04 Å². The topological polar surface area (TPSA) is 49.9 Å². The Balaban J connectivity index is 1.77. The van der Waals surface area contributed by atoms with Crippen molar-refractivity contribution in [1.82, 2.24) is 8.61 Å². The van der Waals surface area contributed by atoms with Crippen LogP contribution in [0.2, 0.25) is 0 Å². The van der Waals surface area contributed by atoms with Crippen LogP contribution in [0.25, 0.3) is 0 Å². The summed E-state index contributed by atoms with van der Waals surface area (Å²) in [5, 5.41) is 0. The van der Waals surface area contributed by atoms with Gasteiger partial charge in [-0.2, -0.15) is 17.0 Å². The number of nitrogens with zero attached hydrogens (tertiary/aromatic N) is 2. The first kappa shape index (κ1) is 16.7. The number of hydrogen-bond donors (Lipinski definition) is 0. The number of piperidine rings is 1. The molecule has 0 amide bonds. The molecule has 3 rings (SSSR count). The Hall–Kier alpha value is -1.11. The van der Waals surface area contributed by atoms with Gasteiger partial charge in [0.1, 0.15) is 5.75 Å². The van der Waals surface area contributed by atoms with E-state index in [1.54, 1.807) is 15.7 Å². The summed E-state index contributed by atoms with van der Waals surface area (Å²) < 4.78 is 34.7. The second kappa shape index (κ2) is 6.79. The maximum Gasteiger partial charge on any atom is 0.282 e. The molecule has 1 unspecified atom stereocenters. The molecule has 0 bridgehead atoms. The molecule has 23 heavy (non-hydrogen) atoms. The largest absolute Gasteiger partial charge is 0.497 e. The van der Waals surface area contributed by atoms with Gasteiger partial charge in [-0.15, -0.1) is 0 Å². The molecule has 1 aromatic carbocycles. The van der Waals surface area contributed by atoms with Gasteiger partial charge in [0.2, 0.25) is 0 Å². The molecule has 0 spiro atoms. The molecule has 1 saturated heterocycles. The number of ether oxygens (including phenoxy) is 1. The zero-order valence-corrected chi connectivity index (χ0v) is 14.8. The minimum absolute atomic E-state index is 0.166. The van der Waals surface area contributed by atoms with Crippen molar-refractivity contribution < 1.29 is 13.2 Å². The normalized spacial score (nSPS) is 23.2. The number of hydrogen-bond acceptors (Lipinski definition) is 3. The molecule has 6 heteroatoms. The summed E-state index contributed by atoms with van der Waals surface area (Å²) in [5.41, 5.74) is 1.01. The smallest absolute Gasteiger partial charge is 0.282 e. The second-order valence-electron chi connectivity index (χ2n) is 6.74. The van der Waals surface area contributed by atoms with Crippen molar-refractivity contribution in [2.45, 2.75) is 45.2 Å². The Morgan fingerprint density at radius 1 is 1.22 bits per heavy atom. The molecular weight excluding hydrogens is 312 g/mol. The second-order valence-corrected chi connectivity index (χ2v) is 8.62. The summed E-state index contributed by atoms with van der Waals surface area (Å²) in [6, 6.07) is 7.83. The van der Waals surface area contributed by atoms with Crippen molar-refractivity contribution in [2.75, 3.05) is 20.2 Å². The van der Waals surface area contributed by atoms with Crippen LogP contribution in [0.15, 0.2) is 24.3 Å². The highest BCUT2D eigenvalue weighted by Crippen LogP contribution is 2.33. The van der Waals surface area contributed by atoms with Crippen LogP contribution in [0.3, 0.4) is 0 Å². The molecule has 5 nitrogen and oxygen atoms in total. The van der Waals surface area contributed by atoms with Gasteiger partial charge in [0.25, 0.3) is 10.2 Å². The van der Waals surface area contributed by atoms with Gasteiger partial charge < -0.3 is 4.74 Å². The summed E-state index contributed by atoms with van der Waals surface area (Å²) in [6.07, 6.45) is 4.02. The van der Waals surface area contributed by atoms with Crippen molar-refractivity contribution in [3.63, 3.8) is 0 Å². The van der Waals surface area contributed by atoms with Crippen LogP contribution >= 0.6 is 0 Å². The van der Waals surface area contributed by atoms with E-state index in [0.717, 1.165) is 37.0 Å². The molecular formula is C17H26N2O3S. The standard InChI is InChI=1S/C17H26N2O3S/c1-14-4-3-11-18(12-14)23(20,21)19(16-7-8-16)13-15-5-9-17(22-2)10-6-15/h5-6,9-10,14,16H,3-4,7-8,11-13H2,1-2H3. The number of benzene rings is 1. The monoisotopic (exact) mass is 338 g/mol. The molecule has 128 valence electrons. The molecule has 1 saturated carbocycles. The predicted octanol–water partition coefficient (Wildman–Crippen LogP) is 2.64. The van der Waals surface area contributed by atoms with E-state index in [4.69, 9.17) is 4.74 Å². The zero-order valence-electron chi connectivity index (χ0n) is 13.9. The van der Waals surface area contributed by atoms with Crippen LogP contribution in [-0.2, 0) is 16.8 Å². The summed E-state index contributed by atoms with van der Waals surface area (Å²) in [7, 11) is -1.74. The minimum Gasteiger partial charge on any atom is -0.497 e. The fraction of sp³-hybridized carbons (Fsp3) is 0.647. The Morgan fingerprint density at radius 3 is 2.48 bits per heavy atom. The third-order valence-corrected chi connectivity index (χ3v) is 6.70. The van der Waals surface area contributed by atoms with Crippen molar-refractivity contribution in [2.24, 2.45) is 5.92 Å². The lowest BCUT2D eigenvalue weighted by atomic mass is 10.0. The van der Waals surface area contributed by atoms with Crippen molar-refractivity contribution in [3.8, 4) is 5.75 Å². The van der Waals surface area contributed by atoms with Gasteiger partial charge in [-0.3, -0.25) is 0 Å². The molecule has 1 atom stereocenters. The van der Waals surface area contributed by atoms with Gasteiger partial charge >= 0.3 is 0 Å². The van der Waals surface area contributed by atoms with E-state index < -0.39 is 10.2 Å². The molecule has 2 fully saturated rings. The van der Waals surface area contributed by atoms with Crippen molar-refractivity contribution >= 4 is 10.2 Å². The molecule has 1 heterocycles. The Labute approximate surface area is 139 Å². The summed E-state index contributed by atoms with van der Waals surface area (Å²) >= 11 is 0. The van der Waals surface area contributed by atoms with Crippen LogP contribution in [0.1, 0.15) is 38.2 Å². The lowest BCUT2D eigenvalue weighted by Gasteiger charge is -2.34. The van der Waals surface area contributed by atoms with E-state index in [0.29, 0.717) is 25.6 Å². The maximum absolute atomic E-state index is 13.1. The van der Waals surface area contributed by atoms with Crippen LogP contribution in [0.4, 0.5) is 0 Å². The van der Waals surface area contributed by atoms with Gasteiger partial charge in [-0.05, 0) is 49.3 Å². The summed E-state index contributed by atoms with van der Waals surface area (Å²) in [4.78, 5) is 0. The molecule has 0 aromatic heterocycles. The average molecular weight is 338 g/mol. The predicted molar refractivity (Wildman–Crippen MR) is 90.4 cm³/mol. The third-order valence-electron chi connectivity index (χ3n) is 4.69. The highest BCUT2D eigenvalue weighted by atomic mass is 32.2. The Kier molecular flexibility index (Phi) is 4.94. The molecule has 1 aliphatic heterocycles. The fourth-order valence-corrected chi connectivity index (χ4v) is 5.18. The van der Waals surface area contributed by atoms with Crippen molar-refractivity contribution in [1.29, 1.82) is 0 Å². The number of methoxy groups -OCH3 is 1. The van der Waals surface area contributed by atoms with Gasteiger partial charge in [0.05, 0.1) is 7.11 Å². The average Bonchev–Trinajstić information content (AvgIpc) is 3.37. The van der Waals surface area contributed by atoms with Crippen LogP contribution in [0, 0.1) is 5.92 Å². The van der Waals surface area contributed by atoms with Gasteiger partial charge in [-0.1, -0.05) is 19.1 Å². The highest BCUT2D eigenvalue weighted by Gasteiger charge is 2.41. The van der Waals surface area contributed by atoms with Gasteiger partial charge in [0, 0.05) is 25.7 Å². The van der Waals surface area contributed by atoms with Gasteiger partial charge in [-0.25, -0.2) is 0 Å². The Morgan fingerprint density at radius 2 is 1.91 bits per heavy atom. The minimum atomic E-state index is -3.37. The SMILES string of the molecule is COc1ccc(CN(C2CC2)S(=O)(=O)N2CCCC(C)C2)cc1. The summed E-state index contributed by atoms with van der Waals surface area (Å²) in [6.45, 7) is 3.88. The fourth-order valence-electron chi connectivity index (χ4n) is 3.18. The molecule has 0 N–H and O–H groups in total.